The van der Waals surface area contributed by atoms with Gasteiger partial charge in [0.25, 0.3) is 0 Å². The number of rotatable bonds is 1. The Bertz CT molecular complexity index is 295. The number of hydrogen-bond donors (Lipinski definition) is 3. The average Bonchev–Trinajstić information content (AvgIpc) is 1.96. The number of hydrogen-bond acceptors (Lipinski definition) is 3. The van der Waals surface area contributed by atoms with Gasteiger partial charge in [0.1, 0.15) is 0 Å². The molecule has 1 aromatic rings. The Labute approximate surface area is 72.0 Å². The molecule has 0 saturated heterocycles. The van der Waals surface area contributed by atoms with Gasteiger partial charge in [0.15, 0.2) is 0 Å². The minimum Gasteiger partial charge on any atom is -0.399 e. The molecule has 0 bridgehead atoms. The van der Waals surface area contributed by atoms with E-state index in [9.17, 15) is 5.11 Å². The third kappa shape index (κ3) is 1.51. The van der Waals surface area contributed by atoms with E-state index >= 15 is 0 Å². The highest BCUT2D eigenvalue weighted by Crippen LogP contribution is 2.25. The Morgan fingerprint density at radius 3 is 2.33 bits per heavy atom. The molecule has 0 aliphatic rings. The van der Waals surface area contributed by atoms with Gasteiger partial charge in [-0.15, -0.1) is 0 Å². The summed E-state index contributed by atoms with van der Waals surface area (Å²) in [4.78, 5) is 0. The van der Waals surface area contributed by atoms with Crippen molar-refractivity contribution in [1.82, 2.24) is 0 Å². The van der Waals surface area contributed by atoms with Crippen molar-refractivity contribution in [2.75, 3.05) is 11.5 Å². The molecular weight excluding hydrogens is 152 g/mol. The van der Waals surface area contributed by atoms with Gasteiger partial charge in [0, 0.05) is 16.9 Å². The first kappa shape index (κ1) is 8.87. The number of benzene rings is 1. The molecular formula is C9H14N2O. The fraction of sp³-hybridized carbons (Fsp3) is 0.333. The molecule has 0 radical (unpaired) electrons. The first-order valence-electron chi connectivity index (χ1n) is 3.86. The van der Waals surface area contributed by atoms with Crippen molar-refractivity contribution in [2.24, 2.45) is 0 Å². The Morgan fingerprint density at radius 2 is 1.83 bits per heavy atom. The fourth-order valence-corrected chi connectivity index (χ4v) is 1.13. The van der Waals surface area contributed by atoms with Gasteiger partial charge in [-0.05, 0) is 31.5 Å². The maximum Gasteiger partial charge on any atom is 0.0782 e. The summed E-state index contributed by atoms with van der Waals surface area (Å²) in [6, 6.07) is 3.49. The quantitative estimate of drug-likeness (QED) is 0.549. The Hall–Kier alpha value is -1.22. The average molecular weight is 166 g/mol. The van der Waals surface area contributed by atoms with Gasteiger partial charge in [-0.1, -0.05) is 0 Å². The third-order valence-electron chi connectivity index (χ3n) is 1.92. The second-order valence-corrected chi connectivity index (χ2v) is 3.01. The molecule has 12 heavy (non-hydrogen) atoms. The molecule has 0 amide bonds. The van der Waals surface area contributed by atoms with E-state index in [1.807, 2.05) is 6.92 Å². The summed E-state index contributed by atoms with van der Waals surface area (Å²) in [5.41, 5.74) is 14.2. The summed E-state index contributed by atoms with van der Waals surface area (Å²) < 4.78 is 0. The number of anilines is 2. The minimum absolute atomic E-state index is 0.562. The predicted octanol–water partition coefficient (Wildman–Crippen LogP) is 1.21. The molecule has 0 unspecified atom stereocenters. The van der Waals surface area contributed by atoms with E-state index < -0.39 is 6.10 Å². The lowest BCUT2D eigenvalue weighted by Gasteiger charge is -2.11. The van der Waals surface area contributed by atoms with Crippen LogP contribution in [0.3, 0.4) is 0 Å². The zero-order valence-corrected chi connectivity index (χ0v) is 7.33. The van der Waals surface area contributed by atoms with Crippen LogP contribution in [-0.4, -0.2) is 5.11 Å². The third-order valence-corrected chi connectivity index (χ3v) is 1.92. The topological polar surface area (TPSA) is 72.3 Å². The molecule has 1 atom stereocenters. The second kappa shape index (κ2) is 3.03. The van der Waals surface area contributed by atoms with E-state index in [2.05, 4.69) is 0 Å². The highest BCUT2D eigenvalue weighted by molar-refractivity contribution is 5.60. The van der Waals surface area contributed by atoms with E-state index in [1.165, 1.54) is 0 Å². The lowest BCUT2D eigenvalue weighted by molar-refractivity contribution is 0.200. The molecule has 3 heteroatoms. The van der Waals surface area contributed by atoms with Gasteiger partial charge in [-0.3, -0.25) is 0 Å². The van der Waals surface area contributed by atoms with E-state index in [1.54, 1.807) is 19.1 Å². The molecule has 1 aromatic carbocycles. The SMILES string of the molecule is Cc1cc(N)c([C@@H](C)O)cc1N. The predicted molar refractivity (Wildman–Crippen MR) is 50.6 cm³/mol. The molecule has 0 fully saturated rings. The number of aliphatic hydroxyl groups is 1. The Balaban J connectivity index is 3.23. The highest BCUT2D eigenvalue weighted by Gasteiger charge is 2.07. The van der Waals surface area contributed by atoms with Gasteiger partial charge < -0.3 is 16.6 Å². The molecule has 3 nitrogen and oxygen atoms in total. The first-order chi connectivity index (χ1) is 5.52. The molecule has 5 N–H and O–H groups in total. The van der Waals surface area contributed by atoms with Crippen LogP contribution in [0.1, 0.15) is 24.2 Å². The molecule has 66 valence electrons. The number of aryl methyl sites for hydroxylation is 1. The smallest absolute Gasteiger partial charge is 0.0782 e. The minimum atomic E-state index is -0.562. The van der Waals surface area contributed by atoms with E-state index in [4.69, 9.17) is 11.5 Å². The van der Waals surface area contributed by atoms with Crippen LogP contribution in [0.25, 0.3) is 0 Å². The Kier molecular flexibility index (Phi) is 2.24. The summed E-state index contributed by atoms with van der Waals surface area (Å²) in [7, 11) is 0. The van der Waals surface area contributed by atoms with Crippen molar-refractivity contribution in [1.29, 1.82) is 0 Å². The fourth-order valence-electron chi connectivity index (χ4n) is 1.13. The zero-order valence-electron chi connectivity index (χ0n) is 7.33. The first-order valence-corrected chi connectivity index (χ1v) is 3.86. The van der Waals surface area contributed by atoms with Crippen LogP contribution in [0.2, 0.25) is 0 Å². The monoisotopic (exact) mass is 166 g/mol. The lowest BCUT2D eigenvalue weighted by Crippen LogP contribution is -2.01. The van der Waals surface area contributed by atoms with Crippen molar-refractivity contribution >= 4 is 11.4 Å². The summed E-state index contributed by atoms with van der Waals surface area (Å²) >= 11 is 0. The molecule has 1 rings (SSSR count). The van der Waals surface area contributed by atoms with Crippen molar-refractivity contribution in [3.05, 3.63) is 23.3 Å². The van der Waals surface area contributed by atoms with Gasteiger partial charge in [0.2, 0.25) is 0 Å². The summed E-state index contributed by atoms with van der Waals surface area (Å²) in [6.07, 6.45) is -0.562. The molecule has 0 spiro atoms. The molecule has 0 aliphatic heterocycles. The van der Waals surface area contributed by atoms with Gasteiger partial charge in [-0.2, -0.15) is 0 Å². The van der Waals surface area contributed by atoms with Crippen molar-refractivity contribution in [2.45, 2.75) is 20.0 Å². The van der Waals surface area contributed by atoms with Crippen LogP contribution in [0, 0.1) is 6.92 Å². The van der Waals surface area contributed by atoms with Gasteiger partial charge >= 0.3 is 0 Å². The maximum absolute atomic E-state index is 9.28. The van der Waals surface area contributed by atoms with Crippen LogP contribution in [-0.2, 0) is 0 Å². The van der Waals surface area contributed by atoms with E-state index in [0.717, 1.165) is 5.56 Å². The molecule has 0 heterocycles. The Morgan fingerprint density at radius 1 is 1.25 bits per heavy atom. The van der Waals surface area contributed by atoms with Crippen LogP contribution in [0.15, 0.2) is 12.1 Å². The standard InChI is InChI=1S/C9H14N2O/c1-5-3-9(11)7(6(2)12)4-8(5)10/h3-4,6,12H,10-11H2,1-2H3/t6-/m1/s1. The number of aliphatic hydroxyl groups excluding tert-OH is 1. The van der Waals surface area contributed by atoms with Gasteiger partial charge in [-0.25, -0.2) is 0 Å². The van der Waals surface area contributed by atoms with E-state index in [-0.39, 0.29) is 0 Å². The maximum atomic E-state index is 9.28. The van der Waals surface area contributed by atoms with Gasteiger partial charge in [0.05, 0.1) is 6.10 Å². The number of nitrogen functional groups attached to an aromatic ring is 2. The highest BCUT2D eigenvalue weighted by atomic mass is 16.3. The molecule has 0 aliphatic carbocycles. The summed E-state index contributed by atoms with van der Waals surface area (Å²) in [6.45, 7) is 3.55. The lowest BCUT2D eigenvalue weighted by atomic mass is 10.0. The summed E-state index contributed by atoms with van der Waals surface area (Å²) in [5.74, 6) is 0. The zero-order chi connectivity index (χ0) is 9.30. The molecule has 0 saturated carbocycles. The molecule has 0 aromatic heterocycles. The van der Waals surface area contributed by atoms with Crippen LogP contribution >= 0.6 is 0 Å². The van der Waals surface area contributed by atoms with E-state index in [0.29, 0.717) is 16.9 Å². The van der Waals surface area contributed by atoms with Crippen molar-refractivity contribution < 1.29 is 5.11 Å². The second-order valence-electron chi connectivity index (χ2n) is 3.01. The number of nitrogens with two attached hydrogens (primary N) is 2. The van der Waals surface area contributed by atoms with Crippen LogP contribution in [0.4, 0.5) is 11.4 Å². The van der Waals surface area contributed by atoms with Crippen molar-refractivity contribution in [3.8, 4) is 0 Å². The van der Waals surface area contributed by atoms with Crippen LogP contribution in [0.5, 0.6) is 0 Å². The van der Waals surface area contributed by atoms with Crippen LogP contribution < -0.4 is 11.5 Å². The normalized spacial score (nSPS) is 12.9. The summed E-state index contributed by atoms with van der Waals surface area (Å²) in [5, 5.41) is 9.28. The van der Waals surface area contributed by atoms with Crippen molar-refractivity contribution in [3.63, 3.8) is 0 Å². The largest absolute Gasteiger partial charge is 0.399 e.